The fourth-order valence-corrected chi connectivity index (χ4v) is 2.06. The van der Waals surface area contributed by atoms with Crippen molar-refractivity contribution in [3.63, 3.8) is 0 Å². The number of carboxylic acid groups (broad SMARTS) is 1. The van der Waals surface area contributed by atoms with Crippen LogP contribution in [0.3, 0.4) is 0 Å². The van der Waals surface area contributed by atoms with Gasteiger partial charge in [0.1, 0.15) is 0 Å². The third kappa shape index (κ3) is 7.70. The van der Waals surface area contributed by atoms with Crippen LogP contribution in [0.15, 0.2) is 0 Å². The molecule has 0 aromatic rings. The number of amides is 2. The molecule has 0 heterocycles. The van der Waals surface area contributed by atoms with Gasteiger partial charge >= 0.3 is 12.0 Å². The number of carboxylic acids is 1. The number of aliphatic carboxylic acids is 1. The smallest absolute Gasteiger partial charge is 0.315 e. The summed E-state index contributed by atoms with van der Waals surface area (Å²) in [5.41, 5.74) is 0. The molecule has 5 nitrogen and oxygen atoms in total. The summed E-state index contributed by atoms with van der Waals surface area (Å²) < 4.78 is 0. The van der Waals surface area contributed by atoms with Gasteiger partial charge in [0.25, 0.3) is 0 Å². The van der Waals surface area contributed by atoms with E-state index in [1.807, 2.05) is 6.92 Å². The molecule has 110 valence electrons. The van der Waals surface area contributed by atoms with Crippen molar-refractivity contribution in [1.29, 1.82) is 0 Å². The molecule has 2 unspecified atom stereocenters. The summed E-state index contributed by atoms with van der Waals surface area (Å²) in [7, 11) is 0. The van der Waals surface area contributed by atoms with E-state index in [1.54, 1.807) is 0 Å². The van der Waals surface area contributed by atoms with Crippen molar-refractivity contribution in [3.8, 4) is 0 Å². The van der Waals surface area contributed by atoms with E-state index in [0.29, 0.717) is 13.0 Å². The predicted octanol–water partition coefficient (Wildman–Crippen LogP) is 2.37. The van der Waals surface area contributed by atoms with Crippen molar-refractivity contribution in [3.05, 3.63) is 0 Å². The van der Waals surface area contributed by atoms with Crippen molar-refractivity contribution in [2.45, 2.75) is 58.4 Å². The molecule has 0 aromatic carbocycles. The maximum atomic E-state index is 11.7. The number of carbonyl (C=O) groups is 2. The van der Waals surface area contributed by atoms with Gasteiger partial charge in [0.15, 0.2) is 0 Å². The molecule has 1 rings (SSSR count). The van der Waals surface area contributed by atoms with Gasteiger partial charge in [-0.15, -0.1) is 0 Å². The first-order chi connectivity index (χ1) is 9.01. The number of rotatable bonds is 9. The molecule has 5 heteroatoms. The molecule has 1 aliphatic carbocycles. The first kappa shape index (κ1) is 15.8. The highest BCUT2D eigenvalue weighted by Gasteiger charge is 2.25. The number of urea groups is 1. The predicted molar refractivity (Wildman–Crippen MR) is 74.0 cm³/mol. The summed E-state index contributed by atoms with van der Waals surface area (Å²) in [6.45, 7) is 4.56. The molecule has 0 saturated heterocycles. The van der Waals surface area contributed by atoms with Gasteiger partial charge in [-0.1, -0.05) is 26.7 Å². The fourth-order valence-electron chi connectivity index (χ4n) is 2.06. The first-order valence-electron chi connectivity index (χ1n) is 7.27. The molecule has 0 aromatic heterocycles. The molecule has 19 heavy (non-hydrogen) atoms. The molecule has 0 aliphatic heterocycles. The summed E-state index contributed by atoms with van der Waals surface area (Å²) in [4.78, 5) is 22.2. The van der Waals surface area contributed by atoms with Gasteiger partial charge in [-0.3, -0.25) is 4.79 Å². The lowest BCUT2D eigenvalue weighted by Crippen LogP contribution is -2.43. The lowest BCUT2D eigenvalue weighted by Gasteiger charge is -2.18. The second-order valence-electron chi connectivity index (χ2n) is 5.68. The Morgan fingerprint density at radius 1 is 1.37 bits per heavy atom. The molecule has 0 bridgehead atoms. The second kappa shape index (κ2) is 8.02. The summed E-state index contributed by atoms with van der Waals surface area (Å²) in [6.07, 6.45) is 5.38. The van der Waals surface area contributed by atoms with Crippen LogP contribution in [-0.2, 0) is 4.79 Å². The SMILES string of the molecule is CCC(CC1CC1)NC(=O)NCC(C)CCC(=O)O. The molecular formula is C14H26N2O3. The average Bonchev–Trinajstić information content (AvgIpc) is 3.16. The summed E-state index contributed by atoms with van der Waals surface area (Å²) in [6, 6.07) is 0.136. The molecule has 0 spiro atoms. The molecule has 1 saturated carbocycles. The van der Waals surface area contributed by atoms with E-state index in [2.05, 4.69) is 17.6 Å². The summed E-state index contributed by atoms with van der Waals surface area (Å²) in [5.74, 6) is 0.205. The van der Waals surface area contributed by atoms with Crippen LogP contribution in [-0.4, -0.2) is 29.7 Å². The van der Waals surface area contributed by atoms with Gasteiger partial charge < -0.3 is 15.7 Å². The topological polar surface area (TPSA) is 78.4 Å². The van der Waals surface area contributed by atoms with Crippen LogP contribution in [0.5, 0.6) is 0 Å². The normalized spacial score (nSPS) is 17.6. The number of nitrogens with one attached hydrogen (secondary N) is 2. The van der Waals surface area contributed by atoms with E-state index < -0.39 is 5.97 Å². The molecule has 1 fully saturated rings. The van der Waals surface area contributed by atoms with Gasteiger partial charge in [-0.05, 0) is 31.1 Å². The van der Waals surface area contributed by atoms with Gasteiger partial charge in [0.2, 0.25) is 0 Å². The third-order valence-electron chi connectivity index (χ3n) is 3.60. The largest absolute Gasteiger partial charge is 0.481 e. The van der Waals surface area contributed by atoms with Gasteiger partial charge in [0, 0.05) is 19.0 Å². The molecule has 2 amide bonds. The van der Waals surface area contributed by atoms with Crippen LogP contribution in [0.25, 0.3) is 0 Å². The second-order valence-corrected chi connectivity index (χ2v) is 5.68. The zero-order valence-electron chi connectivity index (χ0n) is 11.9. The molecule has 3 N–H and O–H groups in total. The Labute approximate surface area is 115 Å². The molecule has 1 aliphatic rings. The minimum Gasteiger partial charge on any atom is -0.481 e. The first-order valence-corrected chi connectivity index (χ1v) is 7.27. The van der Waals surface area contributed by atoms with Crippen molar-refractivity contribution in [2.75, 3.05) is 6.54 Å². The molecule has 0 radical (unpaired) electrons. The Bertz CT molecular complexity index is 303. The Balaban J connectivity index is 2.12. The average molecular weight is 270 g/mol. The number of carbonyl (C=O) groups excluding carboxylic acids is 1. The highest BCUT2D eigenvalue weighted by Crippen LogP contribution is 2.33. The monoisotopic (exact) mass is 270 g/mol. The highest BCUT2D eigenvalue weighted by atomic mass is 16.4. The Morgan fingerprint density at radius 2 is 2.05 bits per heavy atom. The Morgan fingerprint density at radius 3 is 2.58 bits per heavy atom. The zero-order valence-corrected chi connectivity index (χ0v) is 11.9. The fraction of sp³-hybridized carbons (Fsp3) is 0.857. The van der Waals surface area contributed by atoms with E-state index in [1.165, 1.54) is 12.8 Å². The van der Waals surface area contributed by atoms with Crippen LogP contribution in [0.1, 0.15) is 52.4 Å². The van der Waals surface area contributed by atoms with Crippen molar-refractivity contribution in [1.82, 2.24) is 10.6 Å². The third-order valence-corrected chi connectivity index (χ3v) is 3.60. The molecular weight excluding hydrogens is 244 g/mol. The quantitative estimate of drug-likeness (QED) is 0.602. The minimum absolute atomic E-state index is 0.130. The lowest BCUT2D eigenvalue weighted by atomic mass is 10.1. The van der Waals surface area contributed by atoms with Crippen molar-refractivity contribution in [2.24, 2.45) is 11.8 Å². The lowest BCUT2D eigenvalue weighted by molar-refractivity contribution is -0.137. The van der Waals surface area contributed by atoms with E-state index >= 15 is 0 Å². The van der Waals surface area contributed by atoms with E-state index in [9.17, 15) is 9.59 Å². The summed E-state index contributed by atoms with van der Waals surface area (Å²) in [5, 5.41) is 14.4. The van der Waals surface area contributed by atoms with E-state index in [4.69, 9.17) is 5.11 Å². The maximum Gasteiger partial charge on any atom is 0.315 e. The van der Waals surface area contributed by atoms with E-state index in [0.717, 1.165) is 18.8 Å². The van der Waals surface area contributed by atoms with Crippen LogP contribution in [0, 0.1) is 11.8 Å². The van der Waals surface area contributed by atoms with Crippen molar-refractivity contribution < 1.29 is 14.7 Å². The maximum absolute atomic E-state index is 11.7. The van der Waals surface area contributed by atoms with Gasteiger partial charge in [-0.25, -0.2) is 4.79 Å². The number of hydrogen-bond donors (Lipinski definition) is 3. The van der Waals surface area contributed by atoms with Crippen LogP contribution in [0.2, 0.25) is 0 Å². The highest BCUT2D eigenvalue weighted by molar-refractivity contribution is 5.74. The molecule has 2 atom stereocenters. The van der Waals surface area contributed by atoms with E-state index in [-0.39, 0.29) is 24.4 Å². The Hall–Kier alpha value is -1.26. The van der Waals surface area contributed by atoms with Gasteiger partial charge in [0.05, 0.1) is 0 Å². The Kier molecular flexibility index (Phi) is 6.67. The number of hydrogen-bond acceptors (Lipinski definition) is 2. The van der Waals surface area contributed by atoms with Crippen molar-refractivity contribution >= 4 is 12.0 Å². The standard InChI is InChI=1S/C14H26N2O3/c1-3-12(8-11-5-6-11)16-14(19)15-9-10(2)4-7-13(17)18/h10-12H,3-9H2,1-2H3,(H,17,18)(H2,15,16,19). The van der Waals surface area contributed by atoms with Crippen LogP contribution >= 0.6 is 0 Å². The van der Waals surface area contributed by atoms with Crippen LogP contribution in [0.4, 0.5) is 4.79 Å². The zero-order chi connectivity index (χ0) is 14.3. The van der Waals surface area contributed by atoms with Gasteiger partial charge in [-0.2, -0.15) is 0 Å². The van der Waals surface area contributed by atoms with Crippen LogP contribution < -0.4 is 10.6 Å². The summed E-state index contributed by atoms with van der Waals surface area (Å²) >= 11 is 0. The minimum atomic E-state index is -0.785.